The van der Waals surface area contributed by atoms with E-state index in [0.29, 0.717) is 16.6 Å². The number of fused-ring (bicyclic) bond motifs is 6. The molecule has 12 heterocycles. The molecule has 0 aliphatic rings. The highest BCUT2D eigenvalue weighted by Crippen LogP contribution is 2.24. The first-order valence-electron chi connectivity index (χ1n) is 19.9. The Balaban J connectivity index is 0.000000120. The van der Waals surface area contributed by atoms with Gasteiger partial charge < -0.3 is 32.4 Å². The number of carboxylic acid groups (broad SMARTS) is 1. The highest BCUT2D eigenvalue weighted by Gasteiger charge is 2.10. The zero-order chi connectivity index (χ0) is 47.6. The molecule has 0 amide bonds. The van der Waals surface area contributed by atoms with Crippen molar-refractivity contribution in [3.05, 3.63) is 179 Å². The maximum atomic E-state index is 10.8. The number of pyridine rings is 6. The van der Waals surface area contributed by atoms with Crippen molar-refractivity contribution in [2.75, 3.05) is 0 Å². The van der Waals surface area contributed by atoms with Crippen LogP contribution in [0.25, 0.3) is 66.2 Å². The van der Waals surface area contributed by atoms with Gasteiger partial charge in [0.25, 0.3) is 0 Å². The Morgan fingerprint density at radius 2 is 0.925 bits per heavy atom. The molecule has 21 heteroatoms. The smallest absolute Gasteiger partial charge is 0.336 e. The molecule has 12 aromatic rings. The molecule has 15 nitrogen and oxygen atoms in total. The molecule has 0 aliphatic heterocycles. The fourth-order valence-electron chi connectivity index (χ4n) is 6.64. The Kier molecular flexibility index (Phi) is 16.1. The highest BCUT2D eigenvalue weighted by molar-refractivity contribution is 7.15. The summed E-state index contributed by atoms with van der Waals surface area (Å²) in [6.45, 7) is 4.17. The number of aryl methyl sites for hydroxylation is 2. The zero-order valence-electron chi connectivity index (χ0n) is 35.7. The molecule has 12 rings (SSSR count). The first-order chi connectivity index (χ1) is 32.4. The largest absolute Gasteiger partial charge is 0.478 e. The van der Waals surface area contributed by atoms with E-state index in [4.69, 9.17) is 33.6 Å². The van der Waals surface area contributed by atoms with Crippen molar-refractivity contribution in [1.82, 2.24) is 57.2 Å². The van der Waals surface area contributed by atoms with E-state index in [1.54, 1.807) is 53.4 Å². The Bertz CT molecular complexity index is 3530. The molecule has 0 aliphatic carbocycles. The van der Waals surface area contributed by atoms with E-state index in [1.165, 1.54) is 34.2 Å². The van der Waals surface area contributed by atoms with Crippen LogP contribution in [0.15, 0.2) is 147 Å². The summed E-state index contributed by atoms with van der Waals surface area (Å²) in [6, 6.07) is 24.5. The molecule has 4 unspecified atom stereocenters. The summed E-state index contributed by atoms with van der Waals surface area (Å²) in [7, 11) is 10.1. The van der Waals surface area contributed by atoms with Crippen LogP contribution in [0, 0.1) is 25.2 Å². The predicted octanol–water partition coefficient (Wildman–Crippen LogP) is 11.3. The van der Waals surface area contributed by atoms with Gasteiger partial charge >= 0.3 is 5.97 Å². The van der Waals surface area contributed by atoms with Gasteiger partial charge in [0.05, 0.1) is 27.2 Å². The minimum Gasteiger partial charge on any atom is -0.478 e. The second-order valence-corrected chi connectivity index (χ2v) is 17.3. The zero-order valence-corrected chi connectivity index (χ0v) is 41.8. The van der Waals surface area contributed by atoms with Crippen molar-refractivity contribution in [1.29, 1.82) is 5.26 Å². The SMILES string of the molecule is Cc1ccnc2[nH]ccc12.Cc1ccnc2c1ccn2P.Clc1ccnc2[nH]ccc12.N#Cc1ccnc2c1ccn2P.O=C(O)c1ccnc2c1ccn2P.Pn1ccc2c(Cl)ccnc21. The first-order valence-corrected chi connectivity index (χ1v) is 22.7. The first kappa shape index (κ1) is 48.3. The molecule has 0 bridgehead atoms. The summed E-state index contributed by atoms with van der Waals surface area (Å²) in [5.41, 5.74) is 8.70. The lowest BCUT2D eigenvalue weighted by Crippen LogP contribution is -1.97. The number of carboxylic acids is 1. The maximum absolute atomic E-state index is 10.8. The number of rotatable bonds is 1. The number of H-pyrrole nitrogens is 2. The van der Waals surface area contributed by atoms with Crippen molar-refractivity contribution in [2.24, 2.45) is 0 Å². The van der Waals surface area contributed by atoms with Crippen molar-refractivity contribution in [3.63, 3.8) is 0 Å². The Hall–Kier alpha value is -6.60. The monoisotopic (exact) mass is 1000 g/mol. The molecular formula is C46H41Cl2N13O2P4. The van der Waals surface area contributed by atoms with Crippen molar-refractivity contribution >= 4 is 133 Å². The maximum Gasteiger partial charge on any atom is 0.336 e. The van der Waals surface area contributed by atoms with E-state index in [0.717, 1.165) is 54.4 Å². The third-order valence-corrected chi connectivity index (χ3v) is 12.4. The van der Waals surface area contributed by atoms with Crippen LogP contribution in [0.4, 0.5) is 0 Å². The lowest BCUT2D eigenvalue weighted by molar-refractivity contribution is 0.0699. The lowest BCUT2D eigenvalue weighted by Gasteiger charge is -1.97. The average Bonchev–Trinajstić information content (AvgIpc) is 4.21. The van der Waals surface area contributed by atoms with Crippen molar-refractivity contribution in [2.45, 2.75) is 13.8 Å². The molecule has 0 saturated carbocycles. The fourth-order valence-corrected chi connectivity index (χ4v) is 8.22. The third kappa shape index (κ3) is 11.3. The number of halogens is 2. The number of aromatic nitrogens is 12. The number of aromatic amines is 2. The number of carbonyl (C=O) groups is 1. The van der Waals surface area contributed by atoms with Crippen molar-refractivity contribution < 1.29 is 9.90 Å². The summed E-state index contributed by atoms with van der Waals surface area (Å²) in [4.78, 5) is 41.6. The summed E-state index contributed by atoms with van der Waals surface area (Å²) in [5.74, 6) is -0.927. The number of hydrogen-bond acceptors (Lipinski definition) is 8. The van der Waals surface area contributed by atoms with Gasteiger partial charge in [-0.15, -0.1) is 0 Å². The molecular weight excluding hydrogens is 961 g/mol. The van der Waals surface area contributed by atoms with Crippen LogP contribution in [0.5, 0.6) is 0 Å². The number of nitrogens with zero attached hydrogens (tertiary/aromatic N) is 11. The summed E-state index contributed by atoms with van der Waals surface area (Å²) < 4.78 is 7.33. The van der Waals surface area contributed by atoms with E-state index in [1.807, 2.05) is 92.8 Å². The van der Waals surface area contributed by atoms with Gasteiger partial charge in [-0.2, -0.15) is 5.26 Å². The van der Waals surface area contributed by atoms with Crippen LogP contribution in [-0.4, -0.2) is 68.3 Å². The van der Waals surface area contributed by atoms with Gasteiger partial charge in [-0.25, -0.2) is 34.7 Å². The average molecular weight is 1000 g/mol. The van der Waals surface area contributed by atoms with Crippen LogP contribution < -0.4 is 0 Å². The van der Waals surface area contributed by atoms with Crippen LogP contribution in [-0.2, 0) is 0 Å². The Labute approximate surface area is 402 Å². The molecule has 67 heavy (non-hydrogen) atoms. The van der Waals surface area contributed by atoms with Gasteiger partial charge in [0.1, 0.15) is 33.9 Å². The van der Waals surface area contributed by atoms with Gasteiger partial charge in [0.2, 0.25) is 0 Å². The number of nitriles is 1. The molecule has 0 fully saturated rings. The van der Waals surface area contributed by atoms with Crippen LogP contribution in [0.1, 0.15) is 27.0 Å². The van der Waals surface area contributed by atoms with Crippen LogP contribution in [0.3, 0.4) is 0 Å². The van der Waals surface area contributed by atoms with Crippen LogP contribution >= 0.6 is 60.8 Å². The Morgan fingerprint density at radius 3 is 1.46 bits per heavy atom. The van der Waals surface area contributed by atoms with E-state index in [-0.39, 0.29) is 5.56 Å². The standard InChI is InChI=1S/C8H6N3P.C8H7N2O2P.C8H9N2P.C8H8N2.C7H6ClN2P.C7H5ClN2/c9-5-6-1-3-10-8-7(6)2-4-11(8)12;11-8(12)6-1-3-9-7-5(6)2-4-10(7)13;1-6-2-4-9-8-7(6)3-5-10(8)11;1-6-2-4-9-8-7(6)3-5-10-8;8-6-1-3-9-7-5(6)2-4-10(7)11;8-6-2-4-10-7-5(6)1-3-9-7/h1-4H,12H2;1-4H,13H2,(H,11,12);2-5H,11H2,1H3;2-5H,1H3,(H,9,10);1-4H,11H2;1-4H,(H,9,10). The molecule has 0 saturated heterocycles. The second-order valence-electron chi connectivity index (χ2n) is 14.3. The van der Waals surface area contributed by atoms with Gasteiger partial charge in [-0.05, 0) is 135 Å². The van der Waals surface area contributed by atoms with E-state index in [2.05, 4.69) is 103 Å². The molecule has 0 radical (unpaired) electrons. The van der Waals surface area contributed by atoms with Crippen LogP contribution in [0.2, 0.25) is 10.0 Å². The van der Waals surface area contributed by atoms with Gasteiger partial charge in [-0.3, -0.25) is 0 Å². The summed E-state index contributed by atoms with van der Waals surface area (Å²) in [5, 5.41) is 25.0. The quantitative estimate of drug-likeness (QED) is 0.134. The molecule has 0 spiro atoms. The van der Waals surface area contributed by atoms with E-state index >= 15 is 0 Å². The topological polar surface area (TPSA) is 190 Å². The molecule has 12 aromatic heterocycles. The normalized spacial score (nSPS) is 10.5. The Morgan fingerprint density at radius 1 is 0.522 bits per heavy atom. The molecule has 0 aromatic carbocycles. The summed E-state index contributed by atoms with van der Waals surface area (Å²) >= 11 is 11.7. The van der Waals surface area contributed by atoms with E-state index in [9.17, 15) is 4.79 Å². The van der Waals surface area contributed by atoms with Crippen molar-refractivity contribution in [3.8, 4) is 6.07 Å². The van der Waals surface area contributed by atoms with Gasteiger partial charge in [0.15, 0.2) is 0 Å². The molecule has 4 atom stereocenters. The highest BCUT2D eigenvalue weighted by atomic mass is 35.5. The molecule has 336 valence electrons. The van der Waals surface area contributed by atoms with Gasteiger partial charge in [0, 0.05) is 107 Å². The fraction of sp³-hybridized carbons (Fsp3) is 0.0435. The second kappa shape index (κ2) is 22.3. The van der Waals surface area contributed by atoms with E-state index < -0.39 is 5.97 Å². The number of aromatic carboxylic acids is 1. The minimum atomic E-state index is -0.927. The predicted molar refractivity (Wildman–Crippen MR) is 283 cm³/mol. The number of nitrogens with one attached hydrogen (secondary N) is 2. The third-order valence-electron chi connectivity index (χ3n) is 10.1. The lowest BCUT2D eigenvalue weighted by atomic mass is 10.2. The summed E-state index contributed by atoms with van der Waals surface area (Å²) in [6.07, 6.45) is 21.4. The molecule has 3 N–H and O–H groups in total. The van der Waals surface area contributed by atoms with Gasteiger partial charge in [-0.1, -0.05) is 23.2 Å². The number of hydrogen-bond donors (Lipinski definition) is 3. The minimum absolute atomic E-state index is 0.284.